The summed E-state index contributed by atoms with van der Waals surface area (Å²) in [7, 11) is 1.64. The van der Waals surface area contributed by atoms with Crippen LogP contribution in [-0.4, -0.2) is 22.7 Å². The van der Waals surface area contributed by atoms with Crippen molar-refractivity contribution in [2.45, 2.75) is 46.1 Å². The molecule has 1 aromatic heterocycles. The minimum Gasteiger partial charge on any atom is -0.497 e. The van der Waals surface area contributed by atoms with Crippen molar-refractivity contribution < 1.29 is 9.53 Å². The number of ketones is 1. The van der Waals surface area contributed by atoms with Crippen LogP contribution in [0.2, 0.25) is 0 Å². The third-order valence-corrected chi connectivity index (χ3v) is 4.09. The largest absolute Gasteiger partial charge is 0.497 e. The van der Waals surface area contributed by atoms with Crippen LogP contribution in [-0.2, 0) is 23.2 Å². The van der Waals surface area contributed by atoms with Gasteiger partial charge in [0.15, 0.2) is 0 Å². The van der Waals surface area contributed by atoms with E-state index in [1.54, 1.807) is 14.0 Å². The highest BCUT2D eigenvalue weighted by molar-refractivity contribution is 5.78. The molecule has 5 nitrogen and oxygen atoms in total. The molecule has 24 heavy (non-hydrogen) atoms. The lowest BCUT2D eigenvalue weighted by molar-refractivity contribution is -0.116. The van der Waals surface area contributed by atoms with Crippen LogP contribution in [0.5, 0.6) is 5.75 Å². The molecule has 0 bridgehead atoms. The van der Waals surface area contributed by atoms with Gasteiger partial charge in [-0.15, -0.1) is 0 Å². The first-order valence-electron chi connectivity index (χ1n) is 7.89. The molecule has 1 heterocycles. The van der Waals surface area contributed by atoms with Crippen LogP contribution < -0.4 is 4.74 Å². The number of Topliss-reactive ketones (excluding diaryl/α,β-unsaturated/α-hetero) is 1. The van der Waals surface area contributed by atoms with Gasteiger partial charge in [-0.1, -0.05) is 12.1 Å². The first kappa shape index (κ1) is 17.7. The molecule has 0 atom stereocenters. The third kappa shape index (κ3) is 3.65. The van der Waals surface area contributed by atoms with Crippen LogP contribution in [0, 0.1) is 18.3 Å². The first-order chi connectivity index (χ1) is 11.3. The molecule has 0 radical (unpaired) electrons. The van der Waals surface area contributed by atoms with E-state index in [-0.39, 0.29) is 12.2 Å². The van der Waals surface area contributed by atoms with Crippen molar-refractivity contribution >= 4 is 5.78 Å². The zero-order valence-electron chi connectivity index (χ0n) is 14.9. The van der Waals surface area contributed by atoms with E-state index in [1.807, 2.05) is 49.7 Å². The molecule has 0 N–H and O–H groups in total. The summed E-state index contributed by atoms with van der Waals surface area (Å²) in [4.78, 5) is 11.6. The van der Waals surface area contributed by atoms with Crippen molar-refractivity contribution in [1.29, 1.82) is 5.26 Å². The monoisotopic (exact) mass is 325 g/mol. The van der Waals surface area contributed by atoms with Crippen LogP contribution in [0.1, 0.15) is 43.3 Å². The average Bonchev–Trinajstić information content (AvgIpc) is 2.83. The van der Waals surface area contributed by atoms with Crippen LogP contribution in [0.25, 0.3) is 0 Å². The summed E-state index contributed by atoms with van der Waals surface area (Å²) >= 11 is 0. The maximum absolute atomic E-state index is 11.6. The van der Waals surface area contributed by atoms with E-state index < -0.39 is 5.41 Å². The van der Waals surface area contributed by atoms with Crippen LogP contribution in [0.4, 0.5) is 0 Å². The number of carbonyl (C=O) groups is 1. The smallest absolute Gasteiger partial charge is 0.135 e. The Balaban J connectivity index is 2.43. The number of rotatable bonds is 6. The molecule has 0 aliphatic carbocycles. The zero-order chi connectivity index (χ0) is 17.9. The number of carbonyl (C=O) groups excluding carboxylic acids is 1. The van der Waals surface area contributed by atoms with Gasteiger partial charge in [0.2, 0.25) is 0 Å². The van der Waals surface area contributed by atoms with E-state index in [0.29, 0.717) is 12.2 Å². The fourth-order valence-electron chi connectivity index (χ4n) is 2.89. The molecule has 0 amide bonds. The Hall–Kier alpha value is -2.61. The van der Waals surface area contributed by atoms with E-state index in [9.17, 15) is 10.1 Å². The molecule has 126 valence electrons. The highest BCUT2D eigenvalue weighted by Crippen LogP contribution is 2.30. The summed E-state index contributed by atoms with van der Waals surface area (Å²) in [6.45, 7) is 7.80. The van der Waals surface area contributed by atoms with Crippen molar-refractivity contribution in [1.82, 2.24) is 9.78 Å². The summed E-state index contributed by atoms with van der Waals surface area (Å²) in [5.41, 5.74) is 2.87. The molecule has 0 saturated heterocycles. The van der Waals surface area contributed by atoms with Gasteiger partial charge in [-0.3, -0.25) is 9.48 Å². The van der Waals surface area contributed by atoms with Gasteiger partial charge in [-0.25, -0.2) is 0 Å². The van der Waals surface area contributed by atoms with Crippen molar-refractivity contribution in [3.8, 4) is 11.8 Å². The second-order valence-corrected chi connectivity index (χ2v) is 6.53. The predicted molar refractivity (Wildman–Crippen MR) is 92.1 cm³/mol. The van der Waals surface area contributed by atoms with Gasteiger partial charge in [0.1, 0.15) is 11.5 Å². The quantitative estimate of drug-likeness (QED) is 0.818. The Morgan fingerprint density at radius 3 is 2.46 bits per heavy atom. The van der Waals surface area contributed by atoms with E-state index >= 15 is 0 Å². The molecule has 0 aliphatic rings. The van der Waals surface area contributed by atoms with E-state index in [0.717, 1.165) is 22.6 Å². The molecule has 0 unspecified atom stereocenters. The van der Waals surface area contributed by atoms with Crippen molar-refractivity contribution in [2.75, 3.05) is 7.11 Å². The molecule has 2 aromatic rings. The molecule has 0 saturated carbocycles. The van der Waals surface area contributed by atoms with Crippen molar-refractivity contribution in [3.63, 3.8) is 0 Å². The van der Waals surface area contributed by atoms with Gasteiger partial charge < -0.3 is 4.74 Å². The van der Waals surface area contributed by atoms with Gasteiger partial charge in [-0.05, 0) is 45.4 Å². The fourth-order valence-corrected chi connectivity index (χ4v) is 2.89. The first-order valence-corrected chi connectivity index (χ1v) is 7.89. The standard InChI is InChI=1S/C19H23N3O2/c1-13(23)10-17-18(19(3,4)12-20)14(2)22(21-17)11-15-6-8-16(24-5)9-7-15/h6-9H,10-11H2,1-5H3. The highest BCUT2D eigenvalue weighted by Gasteiger charge is 2.30. The second-order valence-electron chi connectivity index (χ2n) is 6.53. The number of methoxy groups -OCH3 is 1. The maximum Gasteiger partial charge on any atom is 0.135 e. The lowest BCUT2D eigenvalue weighted by Gasteiger charge is -2.17. The van der Waals surface area contributed by atoms with E-state index in [2.05, 4.69) is 11.2 Å². The average molecular weight is 325 g/mol. The summed E-state index contributed by atoms with van der Waals surface area (Å²) in [5, 5.41) is 14.1. The zero-order valence-corrected chi connectivity index (χ0v) is 14.9. The Bertz CT molecular complexity index is 780. The van der Waals surface area contributed by atoms with Crippen molar-refractivity contribution in [3.05, 3.63) is 46.8 Å². The van der Waals surface area contributed by atoms with Crippen molar-refractivity contribution in [2.24, 2.45) is 0 Å². The SMILES string of the molecule is COc1ccc(Cn2nc(CC(C)=O)c(C(C)(C)C#N)c2C)cc1. The summed E-state index contributed by atoms with van der Waals surface area (Å²) in [6, 6.07) is 10.1. The van der Waals surface area contributed by atoms with Gasteiger partial charge in [0.05, 0.1) is 37.3 Å². The molecule has 0 aliphatic heterocycles. The minimum atomic E-state index is -0.687. The highest BCUT2D eigenvalue weighted by atomic mass is 16.5. The molecule has 5 heteroatoms. The molecular formula is C19H23N3O2. The lowest BCUT2D eigenvalue weighted by Crippen LogP contribution is -2.18. The Morgan fingerprint density at radius 2 is 1.96 bits per heavy atom. The lowest BCUT2D eigenvalue weighted by atomic mass is 9.83. The molecular weight excluding hydrogens is 302 g/mol. The Labute approximate surface area is 142 Å². The predicted octanol–water partition coefficient (Wildman–Crippen LogP) is 3.18. The summed E-state index contributed by atoms with van der Waals surface area (Å²) in [6.07, 6.45) is 0.247. The summed E-state index contributed by atoms with van der Waals surface area (Å²) in [5.74, 6) is 0.846. The van der Waals surface area contributed by atoms with Gasteiger partial charge in [0, 0.05) is 11.3 Å². The number of hydrogen-bond donors (Lipinski definition) is 0. The fraction of sp³-hybridized carbons (Fsp3) is 0.421. The Kier molecular flexibility index (Phi) is 5.08. The van der Waals surface area contributed by atoms with E-state index in [4.69, 9.17) is 4.74 Å². The second kappa shape index (κ2) is 6.88. The topological polar surface area (TPSA) is 67.9 Å². The van der Waals surface area contributed by atoms with Gasteiger partial charge in [0.25, 0.3) is 0 Å². The van der Waals surface area contributed by atoms with Crippen LogP contribution in [0.3, 0.4) is 0 Å². The molecule has 1 aromatic carbocycles. The number of benzene rings is 1. The summed E-state index contributed by atoms with van der Waals surface area (Å²) < 4.78 is 7.04. The molecule has 0 spiro atoms. The third-order valence-electron chi connectivity index (χ3n) is 4.09. The number of aromatic nitrogens is 2. The van der Waals surface area contributed by atoms with Crippen LogP contribution in [0.15, 0.2) is 24.3 Å². The molecule has 0 fully saturated rings. The van der Waals surface area contributed by atoms with Crippen LogP contribution >= 0.6 is 0 Å². The Morgan fingerprint density at radius 1 is 1.33 bits per heavy atom. The van der Waals surface area contributed by atoms with Gasteiger partial charge in [-0.2, -0.15) is 10.4 Å². The normalized spacial score (nSPS) is 11.2. The number of nitrogens with zero attached hydrogens (tertiary/aromatic N) is 3. The minimum absolute atomic E-state index is 0.0408. The van der Waals surface area contributed by atoms with Gasteiger partial charge >= 0.3 is 0 Å². The number of ether oxygens (including phenoxy) is 1. The number of nitriles is 1. The molecule has 2 rings (SSSR count). The maximum atomic E-state index is 11.6. The van der Waals surface area contributed by atoms with E-state index in [1.165, 1.54) is 0 Å². The number of hydrogen-bond acceptors (Lipinski definition) is 4.